The lowest BCUT2D eigenvalue weighted by Crippen LogP contribution is -2.47. The number of likely N-dealkylation sites (tertiary alicyclic amines) is 1. The van der Waals surface area contributed by atoms with Crippen LogP contribution in [-0.2, 0) is 35.9 Å². The van der Waals surface area contributed by atoms with Gasteiger partial charge in [-0.25, -0.2) is 14.8 Å². The minimum Gasteiger partial charge on any atom is -0.453 e. The van der Waals surface area contributed by atoms with Crippen LogP contribution >= 0.6 is 0 Å². The fourth-order valence-electron chi connectivity index (χ4n) is 6.61. The maximum absolute atomic E-state index is 12.9. The third-order valence-electron chi connectivity index (χ3n) is 9.35. The molecule has 0 aliphatic carbocycles. The van der Waals surface area contributed by atoms with Crippen LogP contribution in [0.15, 0.2) is 60.9 Å². The molecule has 6 rings (SSSR count). The van der Waals surface area contributed by atoms with E-state index in [1.807, 2.05) is 38.1 Å². The predicted octanol–water partition coefficient (Wildman–Crippen LogP) is 3.64. The summed E-state index contributed by atoms with van der Waals surface area (Å²) in [6.45, 7) is 6.12. The van der Waals surface area contributed by atoms with E-state index < -0.39 is 17.4 Å². The van der Waals surface area contributed by atoms with Gasteiger partial charge in [-0.1, -0.05) is 48.5 Å². The summed E-state index contributed by atoms with van der Waals surface area (Å²) in [5.74, 6) is 0.293. The molecule has 1 atom stereocenters. The van der Waals surface area contributed by atoms with Crippen molar-refractivity contribution < 1.29 is 28.6 Å². The lowest BCUT2D eigenvalue weighted by atomic mass is 9.98. The van der Waals surface area contributed by atoms with Gasteiger partial charge in [-0.05, 0) is 56.0 Å². The lowest BCUT2D eigenvalue weighted by molar-refractivity contribution is -0.167. The van der Waals surface area contributed by atoms with E-state index in [0.717, 1.165) is 46.5 Å². The Morgan fingerprint density at radius 2 is 1.50 bits per heavy atom. The van der Waals surface area contributed by atoms with Crippen molar-refractivity contribution in [3.63, 3.8) is 0 Å². The van der Waals surface area contributed by atoms with Crippen LogP contribution in [0.2, 0.25) is 0 Å². The van der Waals surface area contributed by atoms with Crippen LogP contribution in [0.5, 0.6) is 0 Å². The summed E-state index contributed by atoms with van der Waals surface area (Å²) < 4.78 is 16.1. The van der Waals surface area contributed by atoms with Crippen molar-refractivity contribution in [1.29, 1.82) is 0 Å². The van der Waals surface area contributed by atoms with Crippen LogP contribution in [0.4, 0.5) is 4.79 Å². The molecule has 50 heavy (non-hydrogen) atoms. The Kier molecular flexibility index (Phi) is 10.3. The van der Waals surface area contributed by atoms with Crippen molar-refractivity contribution >= 4 is 17.9 Å². The highest BCUT2D eigenvalue weighted by Gasteiger charge is 2.43. The Balaban J connectivity index is 1.10. The highest BCUT2D eigenvalue weighted by Crippen LogP contribution is 2.38. The number of rotatable bonds is 12. The molecule has 0 bridgehead atoms. The van der Waals surface area contributed by atoms with Crippen molar-refractivity contribution in [3.8, 4) is 33.6 Å². The van der Waals surface area contributed by atoms with Crippen LogP contribution in [0, 0.1) is 0 Å². The Labute approximate surface area is 290 Å². The predicted molar refractivity (Wildman–Crippen MR) is 185 cm³/mol. The summed E-state index contributed by atoms with van der Waals surface area (Å²) in [6.07, 6.45) is 4.54. The van der Waals surface area contributed by atoms with E-state index in [0.29, 0.717) is 44.5 Å². The summed E-state index contributed by atoms with van der Waals surface area (Å²) in [5.41, 5.74) is 5.18. The third-order valence-corrected chi connectivity index (χ3v) is 9.35. The molecule has 14 nitrogen and oxygen atoms in total. The van der Waals surface area contributed by atoms with E-state index in [-0.39, 0.29) is 24.9 Å². The topological polar surface area (TPSA) is 167 Å². The number of aromatic amines is 2. The standard InChI is InChI=1S/C36H44N8O6/c1-35(14-5-15-44(35)32(46)21-40-34(47)48-4)33-39-19-29(42-33)27-12-8-25(9-13-27)24-6-10-26(11-7-24)28-18-38-30(41-28)22-43(31(45)20-37-3)23-36(2)49-16-17-50-36/h6-13,18-19,37H,5,14-17,20-23H2,1-4H3,(H,38,41)(H,39,42)(H,40,47)/t35-/m0/s1. The molecule has 2 aromatic carbocycles. The second-order valence-electron chi connectivity index (χ2n) is 12.9. The summed E-state index contributed by atoms with van der Waals surface area (Å²) in [5, 5.41) is 5.40. The molecule has 0 saturated carbocycles. The Morgan fingerprint density at radius 3 is 2.12 bits per heavy atom. The molecule has 14 heteroatoms. The number of likely N-dealkylation sites (N-methyl/N-ethyl adjacent to an activating group) is 1. The van der Waals surface area contributed by atoms with Crippen molar-refractivity contribution in [2.45, 2.75) is 44.6 Å². The van der Waals surface area contributed by atoms with Gasteiger partial charge in [0, 0.05) is 6.54 Å². The summed E-state index contributed by atoms with van der Waals surface area (Å²) in [6, 6.07) is 16.5. The Bertz CT molecular complexity index is 1800. The number of hydrogen-bond acceptors (Lipinski definition) is 9. The van der Waals surface area contributed by atoms with Crippen LogP contribution < -0.4 is 10.6 Å². The largest absolute Gasteiger partial charge is 0.453 e. The van der Waals surface area contributed by atoms with Gasteiger partial charge in [0.1, 0.15) is 18.2 Å². The molecule has 4 N–H and O–H groups in total. The molecule has 2 fully saturated rings. The van der Waals surface area contributed by atoms with Gasteiger partial charge in [-0.15, -0.1) is 0 Å². The first-order chi connectivity index (χ1) is 24.1. The van der Waals surface area contributed by atoms with Crippen LogP contribution in [0.3, 0.4) is 0 Å². The highest BCUT2D eigenvalue weighted by atomic mass is 16.7. The van der Waals surface area contributed by atoms with E-state index in [1.165, 1.54) is 7.11 Å². The number of amides is 3. The van der Waals surface area contributed by atoms with E-state index in [9.17, 15) is 14.4 Å². The molecular weight excluding hydrogens is 640 g/mol. The molecule has 264 valence electrons. The smallest absolute Gasteiger partial charge is 0.407 e. The zero-order valence-corrected chi connectivity index (χ0v) is 28.9. The molecule has 2 saturated heterocycles. The van der Waals surface area contributed by atoms with Gasteiger partial charge in [0.05, 0.1) is 69.3 Å². The van der Waals surface area contributed by atoms with Gasteiger partial charge in [-0.3, -0.25) is 9.59 Å². The SMILES string of the molecule is CNCC(=O)N(Cc1ncc(-c2ccc(-c3ccc(-c4cnc([C@]5(C)CCCN5C(=O)CNC(=O)OC)[nH]4)cc3)cc2)[nH]1)CC1(C)OCCO1. The molecule has 4 heterocycles. The minimum absolute atomic E-state index is 0.0674. The van der Waals surface area contributed by atoms with Crippen molar-refractivity contribution in [2.24, 2.45) is 0 Å². The summed E-state index contributed by atoms with van der Waals surface area (Å²) >= 11 is 0. The first kappa shape index (κ1) is 34.8. The van der Waals surface area contributed by atoms with Gasteiger partial charge in [0.15, 0.2) is 5.79 Å². The summed E-state index contributed by atoms with van der Waals surface area (Å²) in [7, 11) is 3.01. The van der Waals surface area contributed by atoms with Gasteiger partial charge in [0.2, 0.25) is 11.8 Å². The number of nitrogens with zero attached hydrogens (tertiary/aromatic N) is 4. The zero-order chi connectivity index (χ0) is 35.3. The van der Waals surface area contributed by atoms with E-state index in [1.54, 1.807) is 29.2 Å². The van der Waals surface area contributed by atoms with Crippen molar-refractivity contribution in [2.75, 3.05) is 53.6 Å². The number of carbonyl (C=O) groups excluding carboxylic acids is 3. The normalized spacial score (nSPS) is 18.3. The third kappa shape index (κ3) is 7.57. The number of H-pyrrole nitrogens is 2. The monoisotopic (exact) mass is 684 g/mol. The first-order valence-corrected chi connectivity index (χ1v) is 16.7. The fourth-order valence-corrected chi connectivity index (χ4v) is 6.61. The molecule has 0 radical (unpaired) electrons. The molecule has 0 spiro atoms. The van der Waals surface area contributed by atoms with Gasteiger partial charge in [-0.2, -0.15) is 0 Å². The number of imidazole rings is 2. The van der Waals surface area contributed by atoms with E-state index >= 15 is 0 Å². The molecule has 0 unspecified atom stereocenters. The average molecular weight is 685 g/mol. The number of carbonyl (C=O) groups is 3. The number of nitrogens with one attached hydrogen (secondary N) is 4. The number of hydrogen-bond donors (Lipinski definition) is 4. The van der Waals surface area contributed by atoms with E-state index in [2.05, 4.69) is 59.6 Å². The minimum atomic E-state index is -0.835. The van der Waals surface area contributed by atoms with Crippen molar-refractivity contribution in [3.05, 3.63) is 72.6 Å². The van der Waals surface area contributed by atoms with Gasteiger partial charge in [0.25, 0.3) is 0 Å². The average Bonchev–Trinajstić information content (AvgIpc) is 3.95. The van der Waals surface area contributed by atoms with Crippen LogP contribution in [0.1, 0.15) is 38.3 Å². The quantitative estimate of drug-likeness (QED) is 0.174. The number of aromatic nitrogens is 4. The molecule has 2 aliphatic heterocycles. The van der Waals surface area contributed by atoms with Crippen LogP contribution in [-0.4, -0.2) is 107 Å². The first-order valence-electron chi connectivity index (χ1n) is 16.7. The molecule has 2 aliphatic rings. The molecule has 4 aromatic rings. The van der Waals surface area contributed by atoms with E-state index in [4.69, 9.17) is 9.47 Å². The maximum Gasteiger partial charge on any atom is 0.407 e. The molecule has 3 amide bonds. The Hall–Kier alpha value is -5.05. The summed E-state index contributed by atoms with van der Waals surface area (Å²) in [4.78, 5) is 56.8. The lowest BCUT2D eigenvalue weighted by Gasteiger charge is -2.33. The number of benzene rings is 2. The second-order valence-corrected chi connectivity index (χ2v) is 12.9. The highest BCUT2D eigenvalue weighted by molar-refractivity contribution is 5.83. The number of ether oxygens (including phenoxy) is 3. The number of methoxy groups -OCH3 is 1. The van der Waals surface area contributed by atoms with Gasteiger partial charge >= 0.3 is 6.09 Å². The molecule has 2 aromatic heterocycles. The Morgan fingerprint density at radius 1 is 0.900 bits per heavy atom. The maximum atomic E-state index is 12.9. The fraction of sp³-hybridized carbons (Fsp3) is 0.417. The second kappa shape index (κ2) is 14.8. The van der Waals surface area contributed by atoms with Gasteiger partial charge < -0.3 is 44.6 Å². The number of alkyl carbamates (subject to hydrolysis) is 1. The molecular formula is C36H44N8O6. The zero-order valence-electron chi connectivity index (χ0n) is 28.9. The van der Waals surface area contributed by atoms with Crippen molar-refractivity contribution in [1.82, 2.24) is 40.4 Å². The van der Waals surface area contributed by atoms with Crippen LogP contribution in [0.25, 0.3) is 33.6 Å².